The third kappa shape index (κ3) is 1.57. The quantitative estimate of drug-likeness (QED) is 0.572. The van der Waals surface area contributed by atoms with Crippen molar-refractivity contribution in [3.63, 3.8) is 0 Å². The molecular formula is C9H19NO. The summed E-state index contributed by atoms with van der Waals surface area (Å²) in [5.74, 6) is 0. The smallest absolute Gasteiger partial charge is 0.0794 e. The molecule has 1 aliphatic heterocycles. The molecule has 1 fully saturated rings. The highest BCUT2D eigenvalue weighted by atomic mass is 16.5. The van der Waals surface area contributed by atoms with Gasteiger partial charge in [-0.3, -0.25) is 4.90 Å². The topological polar surface area (TPSA) is 12.5 Å². The molecule has 0 aliphatic carbocycles. The van der Waals surface area contributed by atoms with E-state index in [1.807, 2.05) is 0 Å². The molecule has 0 saturated carbocycles. The van der Waals surface area contributed by atoms with Crippen LogP contribution < -0.4 is 0 Å². The third-order valence-corrected chi connectivity index (χ3v) is 2.90. The van der Waals surface area contributed by atoms with Crippen LogP contribution in [0.4, 0.5) is 0 Å². The van der Waals surface area contributed by atoms with Gasteiger partial charge in [-0.15, -0.1) is 0 Å². The highest BCUT2D eigenvalue weighted by Crippen LogP contribution is 2.35. The van der Waals surface area contributed by atoms with Gasteiger partial charge in [0.1, 0.15) is 0 Å². The highest BCUT2D eigenvalue weighted by Gasteiger charge is 2.43. The first kappa shape index (κ1) is 9.01. The van der Waals surface area contributed by atoms with Crippen LogP contribution >= 0.6 is 0 Å². The summed E-state index contributed by atoms with van der Waals surface area (Å²) in [7, 11) is 3.96. The summed E-state index contributed by atoms with van der Waals surface area (Å²) in [4.78, 5) is 2.36. The van der Waals surface area contributed by atoms with E-state index in [1.165, 1.54) is 0 Å². The summed E-state index contributed by atoms with van der Waals surface area (Å²) in [6.45, 7) is 7.74. The first-order valence-corrected chi connectivity index (χ1v) is 4.16. The van der Waals surface area contributed by atoms with Crippen LogP contribution in [0.3, 0.4) is 0 Å². The molecule has 0 unspecified atom stereocenters. The van der Waals surface area contributed by atoms with E-state index in [0.29, 0.717) is 5.54 Å². The first-order valence-electron chi connectivity index (χ1n) is 4.16. The number of nitrogens with zero attached hydrogens (tertiary/aromatic N) is 1. The lowest BCUT2D eigenvalue weighted by Crippen LogP contribution is -2.34. The van der Waals surface area contributed by atoms with Crippen molar-refractivity contribution in [3.8, 4) is 0 Å². The van der Waals surface area contributed by atoms with Crippen molar-refractivity contribution in [2.24, 2.45) is 0 Å². The minimum atomic E-state index is 0.0677. The zero-order valence-electron chi connectivity index (χ0n) is 8.27. The van der Waals surface area contributed by atoms with Gasteiger partial charge in [-0.25, -0.2) is 0 Å². The highest BCUT2D eigenvalue weighted by molar-refractivity contribution is 4.99. The van der Waals surface area contributed by atoms with Crippen LogP contribution in [-0.2, 0) is 4.74 Å². The average Bonchev–Trinajstić information content (AvgIpc) is 2.04. The molecule has 0 aromatic carbocycles. The Morgan fingerprint density at radius 3 is 2.00 bits per heavy atom. The van der Waals surface area contributed by atoms with E-state index in [0.717, 1.165) is 13.0 Å². The molecule has 11 heavy (non-hydrogen) atoms. The first-order chi connectivity index (χ1) is 4.90. The zero-order chi connectivity index (χ0) is 8.70. The number of hydrogen-bond acceptors (Lipinski definition) is 2. The van der Waals surface area contributed by atoms with Crippen LogP contribution in [0.15, 0.2) is 0 Å². The molecule has 1 rings (SSSR count). The fraction of sp³-hybridized carbons (Fsp3) is 1.00. The van der Waals surface area contributed by atoms with Gasteiger partial charge in [0, 0.05) is 19.2 Å². The molecule has 1 heterocycles. The summed E-state index contributed by atoms with van der Waals surface area (Å²) < 4.78 is 5.46. The summed E-state index contributed by atoms with van der Waals surface area (Å²) in [6.07, 6.45) is 1.12. The SMILES string of the molecule is CO[C@]1(C)CN(C)C(C)(C)C1. The number of rotatable bonds is 1. The monoisotopic (exact) mass is 157 g/mol. The number of likely N-dealkylation sites (N-methyl/N-ethyl adjacent to an activating group) is 1. The van der Waals surface area contributed by atoms with E-state index in [-0.39, 0.29) is 5.60 Å². The molecule has 0 radical (unpaired) electrons. The average molecular weight is 157 g/mol. The Morgan fingerprint density at radius 1 is 1.27 bits per heavy atom. The van der Waals surface area contributed by atoms with Crippen molar-refractivity contribution in [3.05, 3.63) is 0 Å². The molecule has 0 N–H and O–H groups in total. The van der Waals surface area contributed by atoms with Crippen LogP contribution in [0.25, 0.3) is 0 Å². The Balaban J connectivity index is 2.71. The second-order valence-corrected chi connectivity index (χ2v) is 4.50. The lowest BCUT2D eigenvalue weighted by atomic mass is 9.94. The maximum atomic E-state index is 5.46. The molecular weight excluding hydrogens is 138 g/mol. The second-order valence-electron chi connectivity index (χ2n) is 4.50. The summed E-state index contributed by atoms with van der Waals surface area (Å²) in [6, 6.07) is 0. The van der Waals surface area contributed by atoms with E-state index in [1.54, 1.807) is 7.11 Å². The molecule has 0 bridgehead atoms. The molecule has 1 atom stereocenters. The van der Waals surface area contributed by atoms with Gasteiger partial charge in [-0.2, -0.15) is 0 Å². The molecule has 2 nitrogen and oxygen atoms in total. The van der Waals surface area contributed by atoms with Crippen LogP contribution in [0.2, 0.25) is 0 Å². The predicted molar refractivity (Wildman–Crippen MR) is 46.7 cm³/mol. The Hall–Kier alpha value is -0.0800. The van der Waals surface area contributed by atoms with Crippen molar-refractivity contribution in [1.29, 1.82) is 0 Å². The van der Waals surface area contributed by atoms with Gasteiger partial charge >= 0.3 is 0 Å². The van der Waals surface area contributed by atoms with E-state index < -0.39 is 0 Å². The maximum Gasteiger partial charge on any atom is 0.0794 e. The molecule has 2 heteroatoms. The van der Waals surface area contributed by atoms with E-state index in [2.05, 4.69) is 32.7 Å². The summed E-state index contributed by atoms with van der Waals surface area (Å²) in [5.41, 5.74) is 0.364. The molecule has 0 aromatic heterocycles. The maximum absolute atomic E-state index is 5.46. The predicted octanol–water partition coefficient (Wildman–Crippen LogP) is 1.51. The fourth-order valence-corrected chi connectivity index (χ4v) is 1.96. The summed E-state index contributed by atoms with van der Waals surface area (Å²) >= 11 is 0. The number of ether oxygens (including phenoxy) is 1. The number of methoxy groups -OCH3 is 1. The van der Waals surface area contributed by atoms with Crippen LogP contribution in [0, 0.1) is 0 Å². The number of likely N-dealkylation sites (tertiary alicyclic amines) is 1. The molecule has 1 saturated heterocycles. The second kappa shape index (κ2) is 2.46. The van der Waals surface area contributed by atoms with Crippen molar-refractivity contribution < 1.29 is 4.74 Å². The fourth-order valence-electron chi connectivity index (χ4n) is 1.96. The standard InChI is InChI=1S/C9H19NO/c1-8(2)6-9(3,11-5)7-10(8)4/h6-7H2,1-5H3/t9-/m0/s1. The Kier molecular flexibility index (Phi) is 2.01. The van der Waals surface area contributed by atoms with Gasteiger partial charge < -0.3 is 4.74 Å². The van der Waals surface area contributed by atoms with E-state index in [4.69, 9.17) is 4.74 Å². The lowest BCUT2D eigenvalue weighted by Gasteiger charge is -2.26. The minimum absolute atomic E-state index is 0.0677. The van der Waals surface area contributed by atoms with Gasteiger partial charge in [0.2, 0.25) is 0 Å². The van der Waals surface area contributed by atoms with Gasteiger partial charge in [0.25, 0.3) is 0 Å². The number of hydrogen-bond donors (Lipinski definition) is 0. The summed E-state index contributed by atoms with van der Waals surface area (Å²) in [5, 5.41) is 0. The van der Waals surface area contributed by atoms with Crippen molar-refractivity contribution in [2.75, 3.05) is 20.7 Å². The minimum Gasteiger partial charge on any atom is -0.377 e. The zero-order valence-corrected chi connectivity index (χ0v) is 8.27. The largest absolute Gasteiger partial charge is 0.377 e. The van der Waals surface area contributed by atoms with Gasteiger partial charge in [-0.1, -0.05) is 0 Å². The molecule has 0 aromatic rings. The van der Waals surface area contributed by atoms with Gasteiger partial charge in [0.05, 0.1) is 5.60 Å². The Labute approximate surface area is 69.5 Å². The molecule has 1 aliphatic rings. The van der Waals surface area contributed by atoms with Gasteiger partial charge in [0.15, 0.2) is 0 Å². The third-order valence-electron chi connectivity index (χ3n) is 2.90. The Morgan fingerprint density at radius 2 is 1.82 bits per heavy atom. The van der Waals surface area contributed by atoms with Crippen molar-refractivity contribution in [1.82, 2.24) is 4.90 Å². The van der Waals surface area contributed by atoms with Crippen molar-refractivity contribution in [2.45, 2.75) is 38.3 Å². The molecule has 66 valence electrons. The van der Waals surface area contributed by atoms with Crippen molar-refractivity contribution >= 4 is 0 Å². The van der Waals surface area contributed by atoms with Crippen LogP contribution in [0.1, 0.15) is 27.2 Å². The van der Waals surface area contributed by atoms with Crippen LogP contribution in [-0.4, -0.2) is 36.7 Å². The van der Waals surface area contributed by atoms with E-state index >= 15 is 0 Å². The molecule has 0 spiro atoms. The lowest BCUT2D eigenvalue weighted by molar-refractivity contribution is 0.0157. The normalized spacial score (nSPS) is 37.9. The Bertz CT molecular complexity index is 156. The van der Waals surface area contributed by atoms with E-state index in [9.17, 15) is 0 Å². The molecule has 0 amide bonds. The van der Waals surface area contributed by atoms with Crippen LogP contribution in [0.5, 0.6) is 0 Å². The van der Waals surface area contributed by atoms with Gasteiger partial charge in [-0.05, 0) is 34.2 Å².